The van der Waals surface area contributed by atoms with E-state index >= 15 is 0 Å². The SMILES string of the molecule is CC(=O)c1cccc(NC(=O)Nc2cccc(C)c2)c1. The van der Waals surface area contributed by atoms with Crippen LogP contribution in [0, 0.1) is 6.92 Å². The number of anilines is 2. The van der Waals surface area contributed by atoms with Gasteiger partial charge in [0.05, 0.1) is 0 Å². The molecule has 0 atom stereocenters. The topological polar surface area (TPSA) is 58.2 Å². The molecule has 2 rings (SSSR count). The first-order valence-corrected chi connectivity index (χ1v) is 6.30. The molecule has 4 nitrogen and oxygen atoms in total. The Morgan fingerprint density at radius 2 is 1.50 bits per heavy atom. The molecule has 2 amide bonds. The summed E-state index contributed by atoms with van der Waals surface area (Å²) in [7, 11) is 0. The second kappa shape index (κ2) is 6.02. The number of amides is 2. The first kappa shape index (κ1) is 13.8. The average Bonchev–Trinajstić information content (AvgIpc) is 2.38. The Morgan fingerprint density at radius 1 is 0.900 bits per heavy atom. The Bertz CT molecular complexity index is 650. The van der Waals surface area contributed by atoms with Crippen LogP contribution in [-0.2, 0) is 0 Å². The van der Waals surface area contributed by atoms with Crippen LogP contribution in [0.2, 0.25) is 0 Å². The molecule has 2 aromatic carbocycles. The van der Waals surface area contributed by atoms with Crippen molar-refractivity contribution in [2.45, 2.75) is 13.8 Å². The molecule has 20 heavy (non-hydrogen) atoms. The van der Waals surface area contributed by atoms with E-state index in [1.54, 1.807) is 24.3 Å². The highest BCUT2D eigenvalue weighted by Gasteiger charge is 2.05. The van der Waals surface area contributed by atoms with Crippen molar-refractivity contribution in [2.75, 3.05) is 10.6 Å². The number of Topliss-reactive ketones (excluding diaryl/α,β-unsaturated/α-hetero) is 1. The molecule has 0 aliphatic rings. The van der Waals surface area contributed by atoms with Gasteiger partial charge in [-0.25, -0.2) is 4.79 Å². The Kier molecular flexibility index (Phi) is 4.15. The van der Waals surface area contributed by atoms with Gasteiger partial charge in [-0.05, 0) is 43.7 Å². The maximum Gasteiger partial charge on any atom is 0.323 e. The summed E-state index contributed by atoms with van der Waals surface area (Å²) in [6.07, 6.45) is 0. The second-order valence-electron chi connectivity index (χ2n) is 4.59. The van der Waals surface area contributed by atoms with Crippen LogP contribution in [0.4, 0.5) is 16.2 Å². The molecule has 4 heteroatoms. The van der Waals surface area contributed by atoms with Gasteiger partial charge in [0.15, 0.2) is 5.78 Å². The second-order valence-corrected chi connectivity index (χ2v) is 4.59. The number of nitrogens with one attached hydrogen (secondary N) is 2. The minimum atomic E-state index is -0.337. The van der Waals surface area contributed by atoms with E-state index in [0.717, 1.165) is 11.3 Å². The molecular formula is C16H16N2O2. The van der Waals surface area contributed by atoms with Crippen molar-refractivity contribution in [3.63, 3.8) is 0 Å². The van der Waals surface area contributed by atoms with Crippen molar-refractivity contribution in [3.8, 4) is 0 Å². The fourth-order valence-electron chi connectivity index (χ4n) is 1.83. The summed E-state index contributed by atoms with van der Waals surface area (Å²) in [5.74, 6) is -0.0345. The molecule has 0 aliphatic heterocycles. The summed E-state index contributed by atoms with van der Waals surface area (Å²) in [5, 5.41) is 5.45. The highest BCUT2D eigenvalue weighted by atomic mass is 16.2. The van der Waals surface area contributed by atoms with Gasteiger partial charge in [0.2, 0.25) is 0 Å². The third-order valence-corrected chi connectivity index (χ3v) is 2.80. The van der Waals surface area contributed by atoms with Gasteiger partial charge in [-0.1, -0.05) is 24.3 Å². The van der Waals surface area contributed by atoms with E-state index in [-0.39, 0.29) is 11.8 Å². The maximum absolute atomic E-state index is 11.9. The van der Waals surface area contributed by atoms with Gasteiger partial charge in [-0.3, -0.25) is 4.79 Å². The Labute approximate surface area is 117 Å². The summed E-state index contributed by atoms with van der Waals surface area (Å²) >= 11 is 0. The normalized spacial score (nSPS) is 9.90. The monoisotopic (exact) mass is 268 g/mol. The zero-order valence-corrected chi connectivity index (χ0v) is 11.4. The summed E-state index contributed by atoms with van der Waals surface area (Å²) in [6, 6.07) is 14.0. The van der Waals surface area contributed by atoms with E-state index < -0.39 is 0 Å². The maximum atomic E-state index is 11.9. The van der Waals surface area contributed by atoms with Crippen LogP contribution in [0.5, 0.6) is 0 Å². The quantitative estimate of drug-likeness (QED) is 0.831. The lowest BCUT2D eigenvalue weighted by Crippen LogP contribution is -2.19. The van der Waals surface area contributed by atoms with Gasteiger partial charge in [0.25, 0.3) is 0 Å². The number of hydrogen-bond acceptors (Lipinski definition) is 2. The third kappa shape index (κ3) is 3.68. The zero-order chi connectivity index (χ0) is 14.5. The number of ketones is 1. The van der Waals surface area contributed by atoms with Crippen molar-refractivity contribution in [3.05, 3.63) is 59.7 Å². The van der Waals surface area contributed by atoms with E-state index in [1.165, 1.54) is 6.92 Å². The van der Waals surface area contributed by atoms with Crippen LogP contribution >= 0.6 is 0 Å². The van der Waals surface area contributed by atoms with Crippen molar-refractivity contribution in [2.24, 2.45) is 0 Å². The van der Waals surface area contributed by atoms with Crippen molar-refractivity contribution >= 4 is 23.2 Å². The van der Waals surface area contributed by atoms with E-state index in [1.807, 2.05) is 31.2 Å². The van der Waals surface area contributed by atoms with E-state index in [9.17, 15) is 9.59 Å². The van der Waals surface area contributed by atoms with Crippen LogP contribution in [0.1, 0.15) is 22.8 Å². The van der Waals surface area contributed by atoms with Crippen LogP contribution in [0.15, 0.2) is 48.5 Å². The Hall–Kier alpha value is -2.62. The molecule has 0 spiro atoms. The molecule has 102 valence electrons. The number of rotatable bonds is 3. The lowest BCUT2D eigenvalue weighted by atomic mass is 10.1. The molecular weight excluding hydrogens is 252 g/mol. The van der Waals surface area contributed by atoms with Crippen LogP contribution in [0.25, 0.3) is 0 Å². The minimum absolute atomic E-state index is 0.0345. The Morgan fingerprint density at radius 3 is 2.10 bits per heavy atom. The number of hydrogen-bond donors (Lipinski definition) is 2. The summed E-state index contributed by atoms with van der Waals surface area (Å²) in [6.45, 7) is 3.45. The van der Waals surface area contributed by atoms with Crippen LogP contribution in [-0.4, -0.2) is 11.8 Å². The molecule has 0 fully saturated rings. The van der Waals surface area contributed by atoms with Gasteiger partial charge in [0, 0.05) is 16.9 Å². The fourth-order valence-corrected chi connectivity index (χ4v) is 1.83. The predicted octanol–water partition coefficient (Wildman–Crippen LogP) is 3.84. The lowest BCUT2D eigenvalue weighted by Gasteiger charge is -2.08. The smallest absolute Gasteiger partial charge is 0.308 e. The largest absolute Gasteiger partial charge is 0.323 e. The van der Waals surface area contributed by atoms with Gasteiger partial charge in [-0.15, -0.1) is 0 Å². The zero-order valence-electron chi connectivity index (χ0n) is 11.4. The third-order valence-electron chi connectivity index (χ3n) is 2.80. The molecule has 0 aliphatic carbocycles. The van der Waals surface area contributed by atoms with E-state index in [2.05, 4.69) is 10.6 Å². The summed E-state index contributed by atoms with van der Waals surface area (Å²) < 4.78 is 0. The number of aryl methyl sites for hydroxylation is 1. The molecule has 0 unspecified atom stereocenters. The molecule has 0 saturated heterocycles. The van der Waals surface area contributed by atoms with Crippen LogP contribution < -0.4 is 10.6 Å². The van der Waals surface area contributed by atoms with Gasteiger partial charge >= 0.3 is 6.03 Å². The molecule has 0 aromatic heterocycles. The molecule has 0 saturated carbocycles. The number of urea groups is 1. The van der Waals surface area contributed by atoms with Gasteiger partial charge in [0.1, 0.15) is 0 Å². The molecule has 2 aromatic rings. The number of carbonyl (C=O) groups excluding carboxylic acids is 2. The highest BCUT2D eigenvalue weighted by Crippen LogP contribution is 2.13. The van der Waals surface area contributed by atoms with E-state index in [4.69, 9.17) is 0 Å². The average molecular weight is 268 g/mol. The van der Waals surface area contributed by atoms with Gasteiger partial charge in [-0.2, -0.15) is 0 Å². The standard InChI is InChI=1S/C16H16N2O2/c1-11-5-3-7-14(9-11)17-16(20)18-15-8-4-6-13(10-15)12(2)19/h3-10H,1-2H3,(H2,17,18,20). The lowest BCUT2D eigenvalue weighted by molar-refractivity contribution is 0.101. The fraction of sp³-hybridized carbons (Fsp3) is 0.125. The minimum Gasteiger partial charge on any atom is -0.308 e. The molecule has 0 heterocycles. The first-order chi connectivity index (χ1) is 9.54. The van der Waals surface area contributed by atoms with Crippen molar-refractivity contribution in [1.82, 2.24) is 0 Å². The predicted molar refractivity (Wildman–Crippen MR) is 80.3 cm³/mol. The molecule has 0 radical (unpaired) electrons. The highest BCUT2D eigenvalue weighted by molar-refractivity contribution is 6.01. The first-order valence-electron chi connectivity index (χ1n) is 6.30. The van der Waals surface area contributed by atoms with E-state index in [0.29, 0.717) is 11.3 Å². The van der Waals surface area contributed by atoms with Gasteiger partial charge < -0.3 is 10.6 Å². The molecule has 0 bridgehead atoms. The van der Waals surface area contributed by atoms with Crippen molar-refractivity contribution < 1.29 is 9.59 Å². The van der Waals surface area contributed by atoms with Crippen molar-refractivity contribution in [1.29, 1.82) is 0 Å². The number of benzene rings is 2. The summed E-state index contributed by atoms with van der Waals surface area (Å²) in [4.78, 5) is 23.2. The number of carbonyl (C=O) groups is 2. The Balaban J connectivity index is 2.04. The molecule has 2 N–H and O–H groups in total. The van der Waals surface area contributed by atoms with Crippen LogP contribution in [0.3, 0.4) is 0 Å². The summed E-state index contributed by atoms with van der Waals surface area (Å²) in [5.41, 5.74) is 2.95.